The standard InChI is InChI=1S/C26H28FN3O3/c1-4-24(30-26(32)29-14-18-8-6-5-7-9-18)23-13-21(27)10-11-22(23)20-12-19(15-28-16-20)17(2)25(31)33-3/h5-13,15-17,24H,4,14H2,1-3H3,(H2,29,30,32). The smallest absolute Gasteiger partial charge is 0.315 e. The molecule has 3 aromatic rings. The predicted molar refractivity (Wildman–Crippen MR) is 125 cm³/mol. The molecule has 0 aliphatic carbocycles. The van der Waals surface area contributed by atoms with E-state index in [0.717, 1.165) is 16.7 Å². The minimum atomic E-state index is -0.491. The maximum Gasteiger partial charge on any atom is 0.315 e. The van der Waals surface area contributed by atoms with Crippen LogP contribution in [0.25, 0.3) is 11.1 Å². The van der Waals surface area contributed by atoms with E-state index >= 15 is 0 Å². The molecule has 2 aromatic carbocycles. The van der Waals surface area contributed by atoms with Gasteiger partial charge in [0.25, 0.3) is 0 Å². The van der Waals surface area contributed by atoms with Gasteiger partial charge in [0.2, 0.25) is 0 Å². The van der Waals surface area contributed by atoms with Crippen molar-refractivity contribution in [2.75, 3.05) is 7.11 Å². The summed E-state index contributed by atoms with van der Waals surface area (Å²) in [5.41, 5.74) is 3.77. The van der Waals surface area contributed by atoms with Crippen LogP contribution >= 0.6 is 0 Å². The van der Waals surface area contributed by atoms with Gasteiger partial charge in [0.1, 0.15) is 5.82 Å². The van der Waals surface area contributed by atoms with Crippen LogP contribution in [0, 0.1) is 5.82 Å². The highest BCUT2D eigenvalue weighted by Gasteiger charge is 2.20. The third kappa shape index (κ3) is 6.16. The number of hydrogen-bond acceptors (Lipinski definition) is 4. The molecule has 0 saturated heterocycles. The first-order valence-corrected chi connectivity index (χ1v) is 10.8. The summed E-state index contributed by atoms with van der Waals surface area (Å²) in [7, 11) is 1.34. The van der Waals surface area contributed by atoms with Crippen molar-refractivity contribution in [2.24, 2.45) is 0 Å². The number of amides is 2. The van der Waals surface area contributed by atoms with Crippen molar-refractivity contribution in [3.8, 4) is 11.1 Å². The number of halogens is 1. The van der Waals surface area contributed by atoms with Crippen LogP contribution in [-0.2, 0) is 16.1 Å². The number of esters is 1. The van der Waals surface area contributed by atoms with Gasteiger partial charge >= 0.3 is 12.0 Å². The summed E-state index contributed by atoms with van der Waals surface area (Å²) >= 11 is 0. The van der Waals surface area contributed by atoms with Crippen LogP contribution in [0.4, 0.5) is 9.18 Å². The van der Waals surface area contributed by atoms with E-state index in [1.54, 1.807) is 25.4 Å². The average Bonchev–Trinajstić information content (AvgIpc) is 2.85. The van der Waals surface area contributed by atoms with Crippen LogP contribution in [0.15, 0.2) is 67.0 Å². The number of ether oxygens (including phenoxy) is 1. The minimum absolute atomic E-state index is 0.341. The largest absolute Gasteiger partial charge is 0.469 e. The van der Waals surface area contributed by atoms with Crippen LogP contribution in [0.2, 0.25) is 0 Å². The lowest BCUT2D eigenvalue weighted by Gasteiger charge is -2.22. The normalized spacial score (nSPS) is 12.5. The van der Waals surface area contributed by atoms with Crippen molar-refractivity contribution < 1.29 is 18.7 Å². The number of urea groups is 1. The highest BCUT2D eigenvalue weighted by Crippen LogP contribution is 2.32. The van der Waals surface area contributed by atoms with Crippen LogP contribution in [0.5, 0.6) is 0 Å². The quantitative estimate of drug-likeness (QED) is 0.468. The summed E-state index contributed by atoms with van der Waals surface area (Å²) in [6.07, 6.45) is 3.83. The third-order valence-corrected chi connectivity index (χ3v) is 5.52. The van der Waals surface area contributed by atoms with E-state index in [1.807, 2.05) is 43.3 Å². The second-order valence-corrected chi connectivity index (χ2v) is 7.76. The Labute approximate surface area is 193 Å². The average molecular weight is 450 g/mol. The highest BCUT2D eigenvalue weighted by atomic mass is 19.1. The summed E-state index contributed by atoms with van der Waals surface area (Å²) in [6, 6.07) is 15.1. The first kappa shape index (κ1) is 23.9. The molecule has 0 saturated carbocycles. The summed E-state index contributed by atoms with van der Waals surface area (Å²) in [5.74, 6) is -1.25. The van der Waals surface area contributed by atoms with E-state index in [2.05, 4.69) is 15.6 Å². The molecule has 1 heterocycles. The summed E-state index contributed by atoms with van der Waals surface area (Å²) in [5, 5.41) is 5.79. The number of carbonyl (C=O) groups excluding carboxylic acids is 2. The van der Waals surface area contributed by atoms with Gasteiger partial charge in [-0.3, -0.25) is 9.78 Å². The first-order chi connectivity index (χ1) is 15.9. The van der Waals surface area contributed by atoms with Gasteiger partial charge in [0, 0.05) is 24.5 Å². The van der Waals surface area contributed by atoms with Crippen molar-refractivity contribution in [3.05, 3.63) is 89.5 Å². The van der Waals surface area contributed by atoms with Gasteiger partial charge in [-0.1, -0.05) is 43.3 Å². The fourth-order valence-corrected chi connectivity index (χ4v) is 3.63. The second-order valence-electron chi connectivity index (χ2n) is 7.76. The fourth-order valence-electron chi connectivity index (χ4n) is 3.63. The Hall–Kier alpha value is -3.74. The third-order valence-electron chi connectivity index (χ3n) is 5.52. The predicted octanol–water partition coefficient (Wildman–Crippen LogP) is 5.11. The zero-order valence-electron chi connectivity index (χ0n) is 19.0. The molecule has 2 unspecified atom stereocenters. The highest BCUT2D eigenvalue weighted by molar-refractivity contribution is 5.79. The van der Waals surface area contributed by atoms with E-state index in [1.165, 1.54) is 19.2 Å². The number of nitrogens with zero attached hydrogens (tertiary/aromatic N) is 1. The van der Waals surface area contributed by atoms with Gasteiger partial charge in [0.15, 0.2) is 0 Å². The van der Waals surface area contributed by atoms with Crippen molar-refractivity contribution in [1.82, 2.24) is 15.6 Å². The Morgan fingerprint density at radius 3 is 2.55 bits per heavy atom. The molecule has 0 aliphatic heterocycles. The Kier molecular flexibility index (Phi) is 8.13. The Morgan fingerprint density at radius 1 is 1.09 bits per heavy atom. The Bertz CT molecular complexity index is 1100. The van der Waals surface area contributed by atoms with Gasteiger partial charge in [-0.2, -0.15) is 0 Å². The van der Waals surface area contributed by atoms with E-state index in [0.29, 0.717) is 24.1 Å². The number of benzene rings is 2. The number of methoxy groups -OCH3 is 1. The van der Waals surface area contributed by atoms with Crippen LogP contribution < -0.4 is 10.6 Å². The minimum Gasteiger partial charge on any atom is -0.469 e. The van der Waals surface area contributed by atoms with Crippen molar-refractivity contribution >= 4 is 12.0 Å². The van der Waals surface area contributed by atoms with E-state index in [9.17, 15) is 14.0 Å². The molecule has 0 radical (unpaired) electrons. The molecule has 3 rings (SSSR count). The van der Waals surface area contributed by atoms with Gasteiger partial charge in [-0.15, -0.1) is 0 Å². The molecule has 2 amide bonds. The van der Waals surface area contributed by atoms with E-state index in [-0.39, 0.29) is 12.0 Å². The molecule has 172 valence electrons. The fraction of sp³-hybridized carbons (Fsp3) is 0.269. The molecule has 2 atom stereocenters. The second kappa shape index (κ2) is 11.2. The maximum absolute atomic E-state index is 14.2. The van der Waals surface area contributed by atoms with E-state index in [4.69, 9.17) is 4.74 Å². The molecule has 2 N–H and O–H groups in total. The number of carbonyl (C=O) groups is 2. The topological polar surface area (TPSA) is 80.3 Å². The molecule has 1 aromatic heterocycles. The number of hydrogen-bond donors (Lipinski definition) is 2. The maximum atomic E-state index is 14.2. The van der Waals surface area contributed by atoms with Crippen LogP contribution in [-0.4, -0.2) is 24.1 Å². The lowest BCUT2D eigenvalue weighted by atomic mass is 9.92. The van der Waals surface area contributed by atoms with Crippen LogP contribution in [0.1, 0.15) is 48.9 Å². The summed E-state index contributed by atoms with van der Waals surface area (Å²) in [6.45, 7) is 4.05. The SMILES string of the molecule is CCC(NC(=O)NCc1ccccc1)c1cc(F)ccc1-c1cncc(C(C)C(=O)OC)c1. The van der Waals surface area contributed by atoms with Crippen molar-refractivity contribution in [1.29, 1.82) is 0 Å². The molecule has 0 spiro atoms. The van der Waals surface area contributed by atoms with Gasteiger partial charge in [-0.05, 0) is 53.8 Å². The number of rotatable bonds is 8. The van der Waals surface area contributed by atoms with Crippen molar-refractivity contribution in [2.45, 2.75) is 38.8 Å². The monoisotopic (exact) mass is 449 g/mol. The molecular formula is C26H28FN3O3. The first-order valence-electron chi connectivity index (χ1n) is 10.8. The zero-order chi connectivity index (χ0) is 23.8. The van der Waals surface area contributed by atoms with Gasteiger partial charge in [-0.25, -0.2) is 9.18 Å². The molecule has 0 bridgehead atoms. The molecule has 6 nitrogen and oxygen atoms in total. The Morgan fingerprint density at radius 2 is 1.85 bits per heavy atom. The number of aromatic nitrogens is 1. The molecule has 33 heavy (non-hydrogen) atoms. The van der Waals surface area contributed by atoms with Gasteiger partial charge in [0.05, 0.1) is 19.1 Å². The number of nitrogens with one attached hydrogen (secondary N) is 2. The molecule has 7 heteroatoms. The summed E-state index contributed by atoms with van der Waals surface area (Å²) in [4.78, 5) is 28.8. The van der Waals surface area contributed by atoms with Gasteiger partial charge < -0.3 is 15.4 Å². The van der Waals surface area contributed by atoms with E-state index < -0.39 is 17.8 Å². The molecular weight excluding hydrogens is 421 g/mol. The molecule has 0 fully saturated rings. The lowest BCUT2D eigenvalue weighted by molar-refractivity contribution is -0.142. The summed E-state index contributed by atoms with van der Waals surface area (Å²) < 4.78 is 19.1. The molecule has 0 aliphatic rings. The lowest BCUT2D eigenvalue weighted by Crippen LogP contribution is -2.37. The van der Waals surface area contributed by atoms with Crippen LogP contribution in [0.3, 0.4) is 0 Å². The van der Waals surface area contributed by atoms with Crippen molar-refractivity contribution in [3.63, 3.8) is 0 Å². The zero-order valence-corrected chi connectivity index (χ0v) is 19.0. The number of pyridine rings is 1. The Balaban J connectivity index is 1.85.